The summed E-state index contributed by atoms with van der Waals surface area (Å²) >= 11 is 0. The molecule has 0 spiro atoms. The van der Waals surface area contributed by atoms with Gasteiger partial charge in [0, 0.05) is 11.6 Å². The summed E-state index contributed by atoms with van der Waals surface area (Å²) in [6, 6.07) is 12.6. The summed E-state index contributed by atoms with van der Waals surface area (Å²) in [6.07, 6.45) is 3.29. The van der Waals surface area contributed by atoms with Crippen LogP contribution in [-0.4, -0.2) is 30.6 Å². The Morgan fingerprint density at radius 2 is 1.97 bits per heavy atom. The Kier molecular flexibility index (Phi) is 5.31. The van der Waals surface area contributed by atoms with E-state index in [-0.39, 0.29) is 30.4 Å². The number of para-hydroxylation sites is 1. The zero-order valence-electron chi connectivity index (χ0n) is 17.0. The molecule has 154 valence electrons. The Labute approximate surface area is 174 Å². The molecule has 0 unspecified atom stereocenters. The molecule has 1 atom stereocenters. The van der Waals surface area contributed by atoms with Gasteiger partial charge in [0.15, 0.2) is 12.4 Å². The molecule has 0 saturated heterocycles. The van der Waals surface area contributed by atoms with E-state index in [0.29, 0.717) is 17.1 Å². The average molecular weight is 406 g/mol. The van der Waals surface area contributed by atoms with Crippen molar-refractivity contribution < 1.29 is 28.5 Å². The second-order valence-electron chi connectivity index (χ2n) is 7.37. The molecule has 2 aliphatic rings. The lowest BCUT2D eigenvalue weighted by molar-refractivity contribution is -0.149. The van der Waals surface area contributed by atoms with Gasteiger partial charge in [0.05, 0.1) is 11.7 Å². The number of hydrogen-bond acceptors (Lipinski definition) is 6. The quantitative estimate of drug-likeness (QED) is 0.543. The van der Waals surface area contributed by atoms with Gasteiger partial charge in [0.2, 0.25) is 5.78 Å². The highest BCUT2D eigenvalue weighted by molar-refractivity contribution is 6.12. The Bertz CT molecular complexity index is 1060. The number of benzene rings is 2. The van der Waals surface area contributed by atoms with Gasteiger partial charge in [-0.25, -0.2) is 4.79 Å². The molecule has 0 aromatic heterocycles. The topological polar surface area (TPSA) is 71.1 Å². The molecule has 4 rings (SSSR count). The molecule has 0 radical (unpaired) electrons. The lowest BCUT2D eigenvalue weighted by Crippen LogP contribution is -2.18. The van der Waals surface area contributed by atoms with Crippen LogP contribution in [0.15, 0.2) is 59.9 Å². The van der Waals surface area contributed by atoms with Crippen LogP contribution in [-0.2, 0) is 9.53 Å². The van der Waals surface area contributed by atoms with Crippen molar-refractivity contribution in [2.24, 2.45) is 0 Å². The molecule has 0 amide bonds. The van der Waals surface area contributed by atoms with Crippen molar-refractivity contribution in [3.05, 3.63) is 71.0 Å². The minimum atomic E-state index is -0.457. The fourth-order valence-electron chi connectivity index (χ4n) is 3.27. The van der Waals surface area contributed by atoms with Gasteiger partial charge in [-0.1, -0.05) is 18.2 Å². The van der Waals surface area contributed by atoms with Gasteiger partial charge in [-0.15, -0.1) is 0 Å². The van der Waals surface area contributed by atoms with E-state index in [9.17, 15) is 9.59 Å². The minimum Gasteiger partial charge on any atom is -0.485 e. The summed E-state index contributed by atoms with van der Waals surface area (Å²) in [7, 11) is 0. The fourth-order valence-corrected chi connectivity index (χ4v) is 3.27. The molecule has 0 fully saturated rings. The number of carbonyl (C=O) groups is 2. The number of ketones is 1. The van der Waals surface area contributed by atoms with E-state index in [1.165, 1.54) is 0 Å². The highest BCUT2D eigenvalue weighted by atomic mass is 16.6. The highest BCUT2D eigenvalue weighted by Gasteiger charge is 2.29. The molecule has 2 aromatic rings. The molecule has 0 bridgehead atoms. The van der Waals surface area contributed by atoms with Gasteiger partial charge in [0.25, 0.3) is 0 Å². The van der Waals surface area contributed by atoms with Crippen LogP contribution in [0.5, 0.6) is 17.2 Å². The predicted molar refractivity (Wildman–Crippen MR) is 111 cm³/mol. The van der Waals surface area contributed by atoms with Crippen LogP contribution in [0.25, 0.3) is 6.08 Å². The predicted octanol–water partition coefficient (Wildman–Crippen LogP) is 4.34. The first kappa shape index (κ1) is 19.8. The second kappa shape index (κ2) is 8.06. The Morgan fingerprint density at radius 1 is 1.17 bits per heavy atom. The molecule has 0 N–H and O–H groups in total. The van der Waals surface area contributed by atoms with E-state index in [1.54, 1.807) is 38.1 Å². The molecule has 6 nitrogen and oxygen atoms in total. The summed E-state index contributed by atoms with van der Waals surface area (Å²) < 4.78 is 22.2. The van der Waals surface area contributed by atoms with Crippen molar-refractivity contribution in [2.75, 3.05) is 6.61 Å². The van der Waals surface area contributed by atoms with Crippen molar-refractivity contribution in [3.8, 4) is 17.2 Å². The van der Waals surface area contributed by atoms with E-state index < -0.39 is 5.97 Å². The van der Waals surface area contributed by atoms with E-state index >= 15 is 0 Å². The average Bonchev–Trinajstić information content (AvgIpc) is 3.01. The van der Waals surface area contributed by atoms with E-state index in [0.717, 1.165) is 16.9 Å². The largest absolute Gasteiger partial charge is 0.485 e. The Hall–Kier alpha value is -3.54. The number of fused-ring (bicyclic) bond motifs is 2. The third-order valence-electron chi connectivity index (χ3n) is 4.68. The number of rotatable bonds is 5. The molecule has 2 aliphatic heterocycles. The van der Waals surface area contributed by atoms with Crippen LogP contribution >= 0.6 is 0 Å². The summed E-state index contributed by atoms with van der Waals surface area (Å²) in [6.45, 7) is 5.25. The van der Waals surface area contributed by atoms with Crippen molar-refractivity contribution in [1.82, 2.24) is 0 Å². The van der Waals surface area contributed by atoms with Crippen molar-refractivity contribution in [2.45, 2.75) is 33.0 Å². The van der Waals surface area contributed by atoms with Gasteiger partial charge < -0.3 is 18.9 Å². The number of allylic oxidation sites excluding steroid dienone is 1. The second-order valence-corrected chi connectivity index (χ2v) is 7.37. The summed E-state index contributed by atoms with van der Waals surface area (Å²) in [5, 5.41) is 0. The van der Waals surface area contributed by atoms with Crippen LogP contribution < -0.4 is 14.2 Å². The van der Waals surface area contributed by atoms with Crippen molar-refractivity contribution in [3.63, 3.8) is 0 Å². The van der Waals surface area contributed by atoms with Gasteiger partial charge in [-0.2, -0.15) is 0 Å². The van der Waals surface area contributed by atoms with E-state index in [2.05, 4.69) is 0 Å². The van der Waals surface area contributed by atoms with Gasteiger partial charge in [-0.05, 0) is 56.7 Å². The first-order valence-corrected chi connectivity index (χ1v) is 9.78. The number of ether oxygens (including phenoxy) is 4. The Morgan fingerprint density at radius 3 is 2.77 bits per heavy atom. The zero-order valence-corrected chi connectivity index (χ0v) is 17.0. The third-order valence-corrected chi connectivity index (χ3v) is 4.68. The lowest BCUT2D eigenvalue weighted by Gasteiger charge is -2.22. The first-order valence-electron chi connectivity index (χ1n) is 9.78. The van der Waals surface area contributed by atoms with Gasteiger partial charge in [-0.3, -0.25) is 4.79 Å². The lowest BCUT2D eigenvalue weighted by atomic mass is 10.0. The van der Waals surface area contributed by atoms with E-state index in [4.69, 9.17) is 18.9 Å². The summed E-state index contributed by atoms with van der Waals surface area (Å²) in [5.41, 5.74) is 2.25. The number of carbonyl (C=O) groups excluding carboxylic acids is 2. The maximum absolute atomic E-state index is 12.7. The smallest absolute Gasteiger partial charge is 0.344 e. The zero-order chi connectivity index (χ0) is 21.3. The van der Waals surface area contributed by atoms with Crippen molar-refractivity contribution >= 4 is 17.8 Å². The van der Waals surface area contributed by atoms with E-state index in [1.807, 2.05) is 37.3 Å². The van der Waals surface area contributed by atoms with Crippen LogP contribution in [0.2, 0.25) is 0 Å². The maximum Gasteiger partial charge on any atom is 0.344 e. The Balaban J connectivity index is 1.51. The van der Waals surface area contributed by atoms with Crippen LogP contribution in [0.4, 0.5) is 0 Å². The van der Waals surface area contributed by atoms with Gasteiger partial charge >= 0.3 is 5.97 Å². The third kappa shape index (κ3) is 4.08. The number of Topliss-reactive ketones (excluding diaryl/α,β-unsaturated/α-hetero) is 1. The maximum atomic E-state index is 12.7. The standard InChI is InChI=1S/C24H22O6/c1-14(2)28-23(25)13-27-18-8-9-19-21(12-18)30-22(24(19)26)11-17-10-16-6-4-5-7-20(16)29-15(17)3/h4-12,14-15H,13H2,1-3H3/b22-11-/t15-/m1/s1. The number of hydrogen-bond donors (Lipinski definition) is 0. The fraction of sp³-hybridized carbons (Fsp3) is 0.250. The summed E-state index contributed by atoms with van der Waals surface area (Å²) in [5.74, 6) is 1.19. The van der Waals surface area contributed by atoms with Gasteiger partial charge in [0.1, 0.15) is 23.4 Å². The molecule has 2 heterocycles. The van der Waals surface area contributed by atoms with Crippen LogP contribution in [0, 0.1) is 0 Å². The molecule has 0 aliphatic carbocycles. The molecular formula is C24H22O6. The molecule has 2 aromatic carbocycles. The highest BCUT2D eigenvalue weighted by Crippen LogP contribution is 2.36. The molecule has 0 saturated carbocycles. The first-order chi connectivity index (χ1) is 14.4. The summed E-state index contributed by atoms with van der Waals surface area (Å²) in [4.78, 5) is 24.4. The molecule has 6 heteroatoms. The molecular weight excluding hydrogens is 384 g/mol. The molecule has 30 heavy (non-hydrogen) atoms. The van der Waals surface area contributed by atoms with Crippen LogP contribution in [0.3, 0.4) is 0 Å². The SMILES string of the molecule is CC(C)OC(=O)COc1ccc2c(c1)O/C(=C\C1=Cc3ccccc3O[C@@H]1C)C2=O. The minimum absolute atomic E-state index is 0.206. The van der Waals surface area contributed by atoms with Crippen molar-refractivity contribution in [1.29, 1.82) is 0 Å². The number of esters is 1. The van der Waals surface area contributed by atoms with Crippen LogP contribution in [0.1, 0.15) is 36.7 Å². The monoisotopic (exact) mass is 406 g/mol. The normalized spacial score (nSPS) is 18.3.